The molecular formula is C9H14N4O. The van der Waals surface area contributed by atoms with Gasteiger partial charge in [0.15, 0.2) is 5.96 Å². The molecular weight excluding hydrogens is 180 g/mol. The van der Waals surface area contributed by atoms with E-state index in [1.54, 1.807) is 0 Å². The van der Waals surface area contributed by atoms with Crippen molar-refractivity contribution >= 4 is 5.96 Å². The molecule has 0 fully saturated rings. The van der Waals surface area contributed by atoms with Crippen LogP contribution < -0.4 is 10.6 Å². The molecule has 0 amide bonds. The number of hydrogen-bond acceptors (Lipinski definition) is 5. The van der Waals surface area contributed by atoms with E-state index in [9.17, 15) is 0 Å². The summed E-state index contributed by atoms with van der Waals surface area (Å²) in [6.07, 6.45) is 0. The Bertz CT molecular complexity index is 344. The molecule has 0 aliphatic carbocycles. The van der Waals surface area contributed by atoms with Crippen LogP contribution in [0.2, 0.25) is 0 Å². The molecule has 1 aliphatic rings. The van der Waals surface area contributed by atoms with E-state index in [4.69, 9.17) is 4.52 Å². The summed E-state index contributed by atoms with van der Waals surface area (Å²) >= 11 is 0. The summed E-state index contributed by atoms with van der Waals surface area (Å²) in [5.41, 5.74) is 0.895. The van der Waals surface area contributed by atoms with Crippen LogP contribution in [-0.2, 0) is 6.54 Å². The van der Waals surface area contributed by atoms with Crippen LogP contribution in [0.3, 0.4) is 0 Å². The Hall–Kier alpha value is -1.52. The van der Waals surface area contributed by atoms with Crippen molar-refractivity contribution in [1.82, 2.24) is 15.8 Å². The zero-order valence-electron chi connectivity index (χ0n) is 8.37. The Labute approximate surface area is 82.6 Å². The van der Waals surface area contributed by atoms with E-state index in [1.807, 2.05) is 13.0 Å². The molecule has 1 unspecified atom stereocenters. The summed E-state index contributed by atoms with van der Waals surface area (Å²) in [5, 5.41) is 10.2. The summed E-state index contributed by atoms with van der Waals surface area (Å²) in [7, 11) is 0. The maximum atomic E-state index is 4.95. The highest BCUT2D eigenvalue weighted by atomic mass is 16.5. The smallest absolute Gasteiger partial charge is 0.191 e. The highest BCUT2D eigenvalue weighted by Crippen LogP contribution is 2.01. The molecule has 1 aromatic rings. The number of aryl methyl sites for hydroxylation is 1. The van der Waals surface area contributed by atoms with Gasteiger partial charge in [0.05, 0.1) is 13.1 Å². The zero-order valence-corrected chi connectivity index (χ0v) is 8.37. The average molecular weight is 194 g/mol. The molecule has 0 saturated carbocycles. The van der Waals surface area contributed by atoms with E-state index < -0.39 is 0 Å². The lowest BCUT2D eigenvalue weighted by Gasteiger charge is -2.06. The van der Waals surface area contributed by atoms with E-state index >= 15 is 0 Å². The van der Waals surface area contributed by atoms with E-state index in [2.05, 4.69) is 27.7 Å². The minimum Gasteiger partial charge on any atom is -0.361 e. The Morgan fingerprint density at radius 1 is 1.71 bits per heavy atom. The summed E-state index contributed by atoms with van der Waals surface area (Å²) in [6.45, 7) is 5.46. The largest absolute Gasteiger partial charge is 0.361 e. The average Bonchev–Trinajstić information content (AvgIpc) is 2.72. The third kappa shape index (κ3) is 2.04. The predicted molar refractivity (Wildman–Crippen MR) is 53.0 cm³/mol. The Morgan fingerprint density at radius 3 is 3.14 bits per heavy atom. The van der Waals surface area contributed by atoms with Gasteiger partial charge >= 0.3 is 0 Å². The summed E-state index contributed by atoms with van der Waals surface area (Å²) in [6, 6.07) is 2.34. The number of nitrogens with zero attached hydrogens (tertiary/aromatic N) is 2. The van der Waals surface area contributed by atoms with Crippen LogP contribution in [0.15, 0.2) is 15.6 Å². The molecule has 5 heteroatoms. The second kappa shape index (κ2) is 3.69. The van der Waals surface area contributed by atoms with Crippen LogP contribution in [0.25, 0.3) is 0 Å². The van der Waals surface area contributed by atoms with Gasteiger partial charge in [0.1, 0.15) is 11.5 Å². The lowest BCUT2D eigenvalue weighted by molar-refractivity contribution is 0.390. The molecule has 2 heterocycles. The van der Waals surface area contributed by atoms with Gasteiger partial charge in [0, 0.05) is 12.1 Å². The van der Waals surface area contributed by atoms with Gasteiger partial charge in [-0.05, 0) is 13.8 Å². The first-order valence-corrected chi connectivity index (χ1v) is 4.71. The molecule has 0 radical (unpaired) electrons. The molecule has 0 aromatic carbocycles. The quantitative estimate of drug-likeness (QED) is 0.716. The van der Waals surface area contributed by atoms with Gasteiger partial charge in [-0.25, -0.2) is 0 Å². The minimum atomic E-state index is 0.427. The van der Waals surface area contributed by atoms with Gasteiger partial charge in [-0.15, -0.1) is 0 Å². The van der Waals surface area contributed by atoms with E-state index in [1.165, 1.54) is 0 Å². The van der Waals surface area contributed by atoms with Crippen LogP contribution >= 0.6 is 0 Å². The van der Waals surface area contributed by atoms with Gasteiger partial charge in [0.2, 0.25) is 0 Å². The molecule has 1 atom stereocenters. The molecule has 0 bridgehead atoms. The number of aliphatic imine (C=N–C) groups is 1. The van der Waals surface area contributed by atoms with Crippen LogP contribution in [0.5, 0.6) is 0 Å². The monoisotopic (exact) mass is 194 g/mol. The first kappa shape index (κ1) is 9.05. The van der Waals surface area contributed by atoms with E-state index in [0.29, 0.717) is 12.6 Å². The zero-order chi connectivity index (χ0) is 9.97. The third-order valence-corrected chi connectivity index (χ3v) is 2.02. The SMILES string of the molecule is Cc1cc(CNC2=NCC(C)N2)no1. The molecule has 1 aliphatic heterocycles. The fraction of sp³-hybridized carbons (Fsp3) is 0.556. The molecule has 2 N–H and O–H groups in total. The molecule has 76 valence electrons. The van der Waals surface area contributed by atoms with Crippen molar-refractivity contribution < 1.29 is 4.52 Å². The Kier molecular flexibility index (Phi) is 2.39. The summed E-state index contributed by atoms with van der Waals surface area (Å²) in [5.74, 6) is 1.68. The topological polar surface area (TPSA) is 62.5 Å². The van der Waals surface area contributed by atoms with Gasteiger partial charge in [0.25, 0.3) is 0 Å². The van der Waals surface area contributed by atoms with Crippen LogP contribution in [0, 0.1) is 6.92 Å². The van der Waals surface area contributed by atoms with E-state index in [0.717, 1.165) is 24.0 Å². The summed E-state index contributed by atoms with van der Waals surface area (Å²) < 4.78 is 4.95. The summed E-state index contributed by atoms with van der Waals surface area (Å²) in [4.78, 5) is 4.27. The molecule has 0 saturated heterocycles. The van der Waals surface area contributed by atoms with Crippen molar-refractivity contribution in [2.75, 3.05) is 6.54 Å². The molecule has 5 nitrogen and oxygen atoms in total. The Morgan fingerprint density at radius 2 is 2.57 bits per heavy atom. The van der Waals surface area contributed by atoms with Crippen LogP contribution in [0.1, 0.15) is 18.4 Å². The van der Waals surface area contributed by atoms with Crippen molar-refractivity contribution in [2.24, 2.45) is 4.99 Å². The second-order valence-corrected chi connectivity index (χ2v) is 3.52. The standard InChI is InChI=1S/C9H14N4O/c1-6-4-10-9(12-6)11-5-8-3-7(2)14-13-8/h3,6H,4-5H2,1-2H3,(H2,10,11,12). The van der Waals surface area contributed by atoms with Crippen LogP contribution in [0.4, 0.5) is 0 Å². The van der Waals surface area contributed by atoms with Crippen molar-refractivity contribution in [3.05, 3.63) is 17.5 Å². The van der Waals surface area contributed by atoms with Crippen LogP contribution in [-0.4, -0.2) is 23.7 Å². The first-order valence-electron chi connectivity index (χ1n) is 4.71. The number of aromatic nitrogens is 1. The van der Waals surface area contributed by atoms with Crippen molar-refractivity contribution in [3.63, 3.8) is 0 Å². The Balaban J connectivity index is 1.83. The molecule has 0 spiro atoms. The van der Waals surface area contributed by atoms with Gasteiger partial charge < -0.3 is 15.2 Å². The maximum absolute atomic E-state index is 4.95. The van der Waals surface area contributed by atoms with Crippen molar-refractivity contribution in [3.8, 4) is 0 Å². The lowest BCUT2D eigenvalue weighted by atomic mass is 10.4. The predicted octanol–water partition coefficient (Wildman–Crippen LogP) is 0.420. The number of guanidine groups is 1. The van der Waals surface area contributed by atoms with Gasteiger partial charge in [-0.1, -0.05) is 5.16 Å². The van der Waals surface area contributed by atoms with Crippen molar-refractivity contribution in [1.29, 1.82) is 0 Å². The lowest BCUT2D eigenvalue weighted by Crippen LogP contribution is -2.37. The molecule has 14 heavy (non-hydrogen) atoms. The minimum absolute atomic E-state index is 0.427. The fourth-order valence-electron chi connectivity index (χ4n) is 1.34. The normalized spacial score (nSPS) is 20.4. The first-order chi connectivity index (χ1) is 6.74. The number of rotatable bonds is 2. The maximum Gasteiger partial charge on any atom is 0.191 e. The number of nitrogens with one attached hydrogen (secondary N) is 2. The fourth-order valence-corrected chi connectivity index (χ4v) is 1.34. The highest BCUT2D eigenvalue weighted by molar-refractivity contribution is 5.81. The van der Waals surface area contributed by atoms with Gasteiger partial charge in [-0.3, -0.25) is 4.99 Å². The van der Waals surface area contributed by atoms with Gasteiger partial charge in [-0.2, -0.15) is 0 Å². The highest BCUT2D eigenvalue weighted by Gasteiger charge is 2.11. The second-order valence-electron chi connectivity index (χ2n) is 3.52. The molecule has 2 rings (SSSR count). The molecule has 1 aromatic heterocycles. The third-order valence-electron chi connectivity index (χ3n) is 2.02. The number of hydrogen-bond donors (Lipinski definition) is 2. The van der Waals surface area contributed by atoms with E-state index in [-0.39, 0.29) is 0 Å². The van der Waals surface area contributed by atoms with Crippen molar-refractivity contribution in [2.45, 2.75) is 26.4 Å².